The van der Waals surface area contributed by atoms with E-state index < -0.39 is 0 Å². The molecule has 3 heteroatoms. The number of hydrogen-bond acceptors (Lipinski definition) is 3. The predicted octanol–water partition coefficient (Wildman–Crippen LogP) is 2.23. The molecule has 0 heterocycles. The van der Waals surface area contributed by atoms with E-state index in [2.05, 4.69) is 5.32 Å². The van der Waals surface area contributed by atoms with Crippen LogP contribution in [0.15, 0.2) is 24.3 Å². The van der Waals surface area contributed by atoms with Crippen LogP contribution in [0.25, 0.3) is 0 Å². The minimum Gasteiger partial charge on any atom is -0.496 e. The Morgan fingerprint density at radius 1 is 1.35 bits per heavy atom. The first kappa shape index (κ1) is 12.4. The van der Waals surface area contributed by atoms with Gasteiger partial charge in [0, 0.05) is 24.2 Å². The van der Waals surface area contributed by atoms with Crippen LogP contribution >= 0.6 is 0 Å². The molecule has 3 N–H and O–H groups in total. The average molecular weight is 234 g/mol. The van der Waals surface area contributed by atoms with Crippen molar-refractivity contribution in [1.82, 2.24) is 5.32 Å². The van der Waals surface area contributed by atoms with Gasteiger partial charge in [0.15, 0.2) is 0 Å². The van der Waals surface area contributed by atoms with Crippen molar-refractivity contribution in [1.29, 1.82) is 0 Å². The van der Waals surface area contributed by atoms with Crippen LogP contribution in [0.1, 0.15) is 37.3 Å². The van der Waals surface area contributed by atoms with Gasteiger partial charge in [0.05, 0.1) is 7.11 Å². The maximum Gasteiger partial charge on any atom is 0.123 e. The third-order valence-electron chi connectivity index (χ3n) is 3.52. The molecule has 0 bridgehead atoms. The number of ether oxygens (including phenoxy) is 1. The molecule has 0 aliphatic heterocycles. The summed E-state index contributed by atoms with van der Waals surface area (Å²) in [4.78, 5) is 0. The lowest BCUT2D eigenvalue weighted by Gasteiger charge is -2.19. The number of nitrogens with one attached hydrogen (secondary N) is 1. The molecular formula is C14H22N2O. The lowest BCUT2D eigenvalue weighted by Crippen LogP contribution is -2.33. The van der Waals surface area contributed by atoms with Gasteiger partial charge in [-0.1, -0.05) is 31.0 Å². The van der Waals surface area contributed by atoms with E-state index in [1.807, 2.05) is 24.3 Å². The Kier molecular flexibility index (Phi) is 4.40. The molecule has 17 heavy (non-hydrogen) atoms. The molecule has 94 valence electrons. The Bertz CT molecular complexity index is 348. The van der Waals surface area contributed by atoms with Crippen LogP contribution in [-0.2, 0) is 0 Å². The number of benzene rings is 1. The zero-order valence-electron chi connectivity index (χ0n) is 10.5. The summed E-state index contributed by atoms with van der Waals surface area (Å²) >= 11 is 0. The van der Waals surface area contributed by atoms with E-state index >= 15 is 0 Å². The highest BCUT2D eigenvalue weighted by atomic mass is 16.5. The van der Waals surface area contributed by atoms with Crippen molar-refractivity contribution in [3.05, 3.63) is 29.8 Å². The Morgan fingerprint density at radius 3 is 2.76 bits per heavy atom. The van der Waals surface area contributed by atoms with Crippen LogP contribution in [0, 0.1) is 0 Å². The Morgan fingerprint density at radius 2 is 2.06 bits per heavy atom. The third kappa shape index (κ3) is 3.20. The lowest BCUT2D eigenvalue weighted by atomic mass is 10.1. The van der Waals surface area contributed by atoms with Gasteiger partial charge in [-0.05, 0) is 18.9 Å². The van der Waals surface area contributed by atoms with Gasteiger partial charge in [-0.25, -0.2) is 0 Å². The lowest BCUT2D eigenvalue weighted by molar-refractivity contribution is 0.401. The van der Waals surface area contributed by atoms with Crippen LogP contribution in [-0.4, -0.2) is 19.7 Å². The molecule has 1 aliphatic carbocycles. The monoisotopic (exact) mass is 234 g/mol. The maximum absolute atomic E-state index is 6.21. The van der Waals surface area contributed by atoms with Gasteiger partial charge in [0.1, 0.15) is 5.75 Å². The molecule has 1 atom stereocenters. The van der Waals surface area contributed by atoms with Crippen LogP contribution in [0.2, 0.25) is 0 Å². The molecule has 1 aromatic rings. The van der Waals surface area contributed by atoms with Crippen LogP contribution in [0.5, 0.6) is 5.75 Å². The fourth-order valence-corrected chi connectivity index (χ4v) is 2.51. The standard InChI is InChI=1S/C14H22N2O/c1-17-14-9-5-4-8-12(14)13(15)10-16-11-6-2-3-7-11/h4-5,8-9,11,13,16H,2-3,6-7,10,15H2,1H3. The van der Waals surface area contributed by atoms with Crippen LogP contribution in [0.3, 0.4) is 0 Å². The van der Waals surface area contributed by atoms with E-state index in [-0.39, 0.29) is 6.04 Å². The quantitative estimate of drug-likeness (QED) is 0.821. The molecule has 0 radical (unpaired) electrons. The molecule has 0 amide bonds. The summed E-state index contributed by atoms with van der Waals surface area (Å²) < 4.78 is 5.33. The van der Waals surface area contributed by atoms with Gasteiger partial charge in [0.25, 0.3) is 0 Å². The van der Waals surface area contributed by atoms with Gasteiger partial charge in [0.2, 0.25) is 0 Å². The second-order valence-electron chi connectivity index (χ2n) is 4.74. The minimum absolute atomic E-state index is 0.00625. The molecule has 1 saturated carbocycles. The summed E-state index contributed by atoms with van der Waals surface area (Å²) in [6, 6.07) is 8.65. The summed E-state index contributed by atoms with van der Waals surface area (Å²) in [5.74, 6) is 0.883. The van der Waals surface area contributed by atoms with E-state index in [1.165, 1.54) is 25.7 Å². The van der Waals surface area contributed by atoms with E-state index in [4.69, 9.17) is 10.5 Å². The van der Waals surface area contributed by atoms with Gasteiger partial charge in [-0.3, -0.25) is 0 Å². The van der Waals surface area contributed by atoms with Crippen molar-refractivity contribution < 1.29 is 4.74 Å². The van der Waals surface area contributed by atoms with Gasteiger partial charge in [-0.2, -0.15) is 0 Å². The largest absolute Gasteiger partial charge is 0.496 e. The summed E-state index contributed by atoms with van der Waals surface area (Å²) in [5, 5.41) is 3.55. The molecule has 0 spiro atoms. The highest BCUT2D eigenvalue weighted by Gasteiger charge is 2.17. The first-order valence-electron chi connectivity index (χ1n) is 6.43. The summed E-state index contributed by atoms with van der Waals surface area (Å²) in [5.41, 5.74) is 7.29. The third-order valence-corrected chi connectivity index (χ3v) is 3.52. The number of rotatable bonds is 5. The fourth-order valence-electron chi connectivity index (χ4n) is 2.51. The average Bonchev–Trinajstić information content (AvgIpc) is 2.89. The first-order chi connectivity index (χ1) is 8.31. The second kappa shape index (κ2) is 6.03. The molecule has 1 fully saturated rings. The Labute approximate surface area is 103 Å². The second-order valence-corrected chi connectivity index (χ2v) is 4.74. The Balaban J connectivity index is 1.91. The molecule has 3 nitrogen and oxygen atoms in total. The Hall–Kier alpha value is -1.06. The predicted molar refractivity (Wildman–Crippen MR) is 70.2 cm³/mol. The molecular weight excluding hydrogens is 212 g/mol. The van der Waals surface area contributed by atoms with Crippen molar-refractivity contribution in [2.45, 2.75) is 37.8 Å². The minimum atomic E-state index is 0.00625. The summed E-state index contributed by atoms with van der Waals surface area (Å²) in [6.07, 6.45) is 5.28. The number of hydrogen-bond donors (Lipinski definition) is 2. The van der Waals surface area contributed by atoms with Crippen molar-refractivity contribution in [3.8, 4) is 5.75 Å². The van der Waals surface area contributed by atoms with Crippen molar-refractivity contribution in [2.75, 3.05) is 13.7 Å². The molecule has 1 aliphatic rings. The van der Waals surface area contributed by atoms with Crippen molar-refractivity contribution in [2.24, 2.45) is 5.73 Å². The van der Waals surface area contributed by atoms with E-state index in [9.17, 15) is 0 Å². The summed E-state index contributed by atoms with van der Waals surface area (Å²) in [7, 11) is 1.69. The van der Waals surface area contributed by atoms with E-state index in [0.29, 0.717) is 6.04 Å². The normalized spacial score (nSPS) is 18.2. The molecule has 0 saturated heterocycles. The van der Waals surface area contributed by atoms with Gasteiger partial charge < -0.3 is 15.8 Å². The highest BCUT2D eigenvalue weighted by molar-refractivity contribution is 5.35. The van der Waals surface area contributed by atoms with Crippen LogP contribution < -0.4 is 15.8 Å². The summed E-state index contributed by atoms with van der Waals surface area (Å²) in [6.45, 7) is 0.824. The van der Waals surface area contributed by atoms with Gasteiger partial charge in [-0.15, -0.1) is 0 Å². The smallest absolute Gasteiger partial charge is 0.123 e. The topological polar surface area (TPSA) is 47.3 Å². The number of methoxy groups -OCH3 is 1. The highest BCUT2D eigenvalue weighted by Crippen LogP contribution is 2.23. The van der Waals surface area contributed by atoms with Crippen LogP contribution in [0.4, 0.5) is 0 Å². The molecule has 1 unspecified atom stereocenters. The van der Waals surface area contributed by atoms with Crippen molar-refractivity contribution in [3.63, 3.8) is 0 Å². The number of nitrogens with two attached hydrogens (primary N) is 1. The number of para-hydroxylation sites is 1. The van der Waals surface area contributed by atoms with Crippen molar-refractivity contribution >= 4 is 0 Å². The maximum atomic E-state index is 6.21. The molecule has 1 aromatic carbocycles. The zero-order chi connectivity index (χ0) is 12.1. The van der Waals surface area contributed by atoms with E-state index in [0.717, 1.165) is 17.9 Å². The van der Waals surface area contributed by atoms with E-state index in [1.54, 1.807) is 7.11 Å². The van der Waals surface area contributed by atoms with Gasteiger partial charge >= 0.3 is 0 Å². The first-order valence-corrected chi connectivity index (χ1v) is 6.43. The zero-order valence-corrected chi connectivity index (χ0v) is 10.5. The fraction of sp³-hybridized carbons (Fsp3) is 0.571. The SMILES string of the molecule is COc1ccccc1C(N)CNC1CCCC1. The molecule has 0 aromatic heterocycles. The molecule has 2 rings (SSSR count).